The lowest BCUT2D eigenvalue weighted by atomic mass is 10.3. The van der Waals surface area contributed by atoms with Gasteiger partial charge in [-0.2, -0.15) is 0 Å². The number of carbonyl (C=O) groups is 1. The van der Waals surface area contributed by atoms with Crippen molar-refractivity contribution in [2.75, 3.05) is 6.54 Å². The van der Waals surface area contributed by atoms with Gasteiger partial charge in [-0.3, -0.25) is 10.6 Å². The van der Waals surface area contributed by atoms with Crippen molar-refractivity contribution < 1.29 is 9.90 Å². The lowest BCUT2D eigenvalue weighted by molar-refractivity contribution is -0.137. The van der Waals surface area contributed by atoms with E-state index in [9.17, 15) is 4.79 Å². The zero-order chi connectivity index (χ0) is 8.15. The van der Waals surface area contributed by atoms with Gasteiger partial charge in [-0.25, -0.2) is 5.01 Å². The highest BCUT2D eigenvalue weighted by Crippen LogP contribution is 1.91. The Hall–Kier alpha value is -0.610. The van der Waals surface area contributed by atoms with Crippen molar-refractivity contribution >= 4 is 5.97 Å². The molecule has 4 nitrogen and oxygen atoms in total. The molecule has 0 aromatic rings. The second kappa shape index (κ2) is 4.24. The van der Waals surface area contributed by atoms with Crippen molar-refractivity contribution in [1.82, 2.24) is 5.01 Å². The summed E-state index contributed by atoms with van der Waals surface area (Å²) in [5.41, 5.74) is 0. The fourth-order valence-corrected chi connectivity index (χ4v) is 0.483. The maximum absolute atomic E-state index is 10.0. The first-order valence-electron chi connectivity index (χ1n) is 3.27. The van der Waals surface area contributed by atoms with Gasteiger partial charge in [-0.15, -0.1) is 0 Å². The SMILES string of the molecule is CC(C)N(N)CCC(=O)O. The second-order valence-corrected chi connectivity index (χ2v) is 2.48. The van der Waals surface area contributed by atoms with Crippen LogP contribution in [-0.4, -0.2) is 28.7 Å². The summed E-state index contributed by atoms with van der Waals surface area (Å²) in [6.45, 7) is 4.25. The second-order valence-electron chi connectivity index (χ2n) is 2.48. The Labute approximate surface area is 60.6 Å². The van der Waals surface area contributed by atoms with Gasteiger partial charge in [0.05, 0.1) is 6.42 Å². The molecule has 0 radical (unpaired) electrons. The largest absolute Gasteiger partial charge is 0.481 e. The van der Waals surface area contributed by atoms with Crippen LogP contribution in [0.15, 0.2) is 0 Å². The molecule has 0 rings (SSSR count). The van der Waals surface area contributed by atoms with Crippen molar-refractivity contribution in [3.8, 4) is 0 Å². The molecule has 0 heterocycles. The molecule has 0 aromatic carbocycles. The van der Waals surface area contributed by atoms with Crippen LogP contribution in [0.4, 0.5) is 0 Å². The molecule has 0 fully saturated rings. The van der Waals surface area contributed by atoms with Gasteiger partial charge in [0.2, 0.25) is 0 Å². The topological polar surface area (TPSA) is 66.6 Å². The summed E-state index contributed by atoms with van der Waals surface area (Å²) in [7, 11) is 0. The monoisotopic (exact) mass is 146 g/mol. The van der Waals surface area contributed by atoms with Crippen LogP contribution in [0.3, 0.4) is 0 Å². The first kappa shape index (κ1) is 9.39. The smallest absolute Gasteiger partial charge is 0.304 e. The molecule has 60 valence electrons. The summed E-state index contributed by atoms with van der Waals surface area (Å²) in [5, 5.41) is 9.77. The van der Waals surface area contributed by atoms with Crippen molar-refractivity contribution in [2.45, 2.75) is 26.3 Å². The molecule has 3 N–H and O–H groups in total. The summed E-state index contributed by atoms with van der Waals surface area (Å²) in [5.74, 6) is 4.63. The van der Waals surface area contributed by atoms with Crippen LogP contribution in [-0.2, 0) is 4.79 Å². The number of carboxylic acid groups (broad SMARTS) is 1. The Morgan fingerprint density at radius 1 is 1.70 bits per heavy atom. The molecule has 0 aromatic heterocycles. The van der Waals surface area contributed by atoms with E-state index in [4.69, 9.17) is 10.9 Å². The highest BCUT2D eigenvalue weighted by atomic mass is 16.4. The highest BCUT2D eigenvalue weighted by Gasteiger charge is 2.05. The fourth-order valence-electron chi connectivity index (χ4n) is 0.483. The molecule has 0 amide bonds. The van der Waals surface area contributed by atoms with Crippen LogP contribution >= 0.6 is 0 Å². The Bertz CT molecular complexity index is 114. The minimum atomic E-state index is -0.809. The highest BCUT2D eigenvalue weighted by molar-refractivity contribution is 5.66. The van der Waals surface area contributed by atoms with Gasteiger partial charge in [0.25, 0.3) is 0 Å². The first-order chi connectivity index (χ1) is 4.54. The van der Waals surface area contributed by atoms with Gasteiger partial charge < -0.3 is 5.11 Å². The van der Waals surface area contributed by atoms with Gasteiger partial charge >= 0.3 is 5.97 Å². The molecule has 0 saturated heterocycles. The van der Waals surface area contributed by atoms with Gasteiger partial charge in [0.15, 0.2) is 0 Å². The van der Waals surface area contributed by atoms with Crippen LogP contribution in [0.1, 0.15) is 20.3 Å². The molecule has 0 spiro atoms. The zero-order valence-electron chi connectivity index (χ0n) is 6.37. The number of aliphatic carboxylic acids is 1. The third-order valence-electron chi connectivity index (χ3n) is 1.25. The van der Waals surface area contributed by atoms with E-state index in [1.165, 1.54) is 5.01 Å². The van der Waals surface area contributed by atoms with Gasteiger partial charge in [0, 0.05) is 12.6 Å². The van der Waals surface area contributed by atoms with E-state index in [-0.39, 0.29) is 12.5 Å². The number of hydrazine groups is 1. The van der Waals surface area contributed by atoms with Gasteiger partial charge in [-0.1, -0.05) is 0 Å². The van der Waals surface area contributed by atoms with E-state index in [0.717, 1.165) is 0 Å². The fraction of sp³-hybridized carbons (Fsp3) is 0.833. The maximum atomic E-state index is 10.0. The Morgan fingerprint density at radius 3 is 2.50 bits per heavy atom. The van der Waals surface area contributed by atoms with Crippen LogP contribution < -0.4 is 5.84 Å². The van der Waals surface area contributed by atoms with Crippen LogP contribution in [0.2, 0.25) is 0 Å². The van der Waals surface area contributed by atoms with Crippen LogP contribution in [0, 0.1) is 0 Å². The number of carboxylic acids is 1. The summed E-state index contributed by atoms with van der Waals surface area (Å²) in [6.07, 6.45) is 0.106. The zero-order valence-corrected chi connectivity index (χ0v) is 6.37. The van der Waals surface area contributed by atoms with Gasteiger partial charge in [-0.05, 0) is 13.8 Å². The molecule has 0 aliphatic rings. The molecule has 10 heavy (non-hydrogen) atoms. The molecule has 4 heteroatoms. The average Bonchev–Trinajstić information content (AvgIpc) is 1.82. The molecular weight excluding hydrogens is 132 g/mol. The van der Waals surface area contributed by atoms with Crippen LogP contribution in [0.5, 0.6) is 0 Å². The molecule has 0 unspecified atom stereocenters. The third-order valence-corrected chi connectivity index (χ3v) is 1.25. The summed E-state index contributed by atoms with van der Waals surface area (Å²) >= 11 is 0. The predicted molar refractivity (Wildman–Crippen MR) is 38.3 cm³/mol. The summed E-state index contributed by atoms with van der Waals surface area (Å²) in [4.78, 5) is 10.0. The number of hydrogen-bond acceptors (Lipinski definition) is 3. The molecule has 0 saturated carbocycles. The average molecular weight is 146 g/mol. The number of nitrogens with two attached hydrogens (primary N) is 1. The predicted octanol–water partition coefficient (Wildman–Crippen LogP) is 0.0452. The summed E-state index contributed by atoms with van der Waals surface area (Å²) < 4.78 is 0. The molecule has 0 aliphatic heterocycles. The Kier molecular flexibility index (Phi) is 3.99. The first-order valence-corrected chi connectivity index (χ1v) is 3.27. The Balaban J connectivity index is 3.39. The number of nitrogens with zero attached hydrogens (tertiary/aromatic N) is 1. The lowest BCUT2D eigenvalue weighted by Gasteiger charge is -2.18. The van der Waals surface area contributed by atoms with Crippen molar-refractivity contribution in [1.29, 1.82) is 0 Å². The minimum Gasteiger partial charge on any atom is -0.481 e. The number of rotatable bonds is 4. The standard InChI is InChI=1S/C6H14N2O2/c1-5(2)8(7)4-3-6(9)10/h5H,3-4,7H2,1-2H3,(H,9,10). The molecule has 0 bridgehead atoms. The molecule has 0 aliphatic carbocycles. The molecule has 0 atom stereocenters. The molecular formula is C6H14N2O2. The lowest BCUT2D eigenvalue weighted by Crippen LogP contribution is -2.38. The van der Waals surface area contributed by atoms with E-state index in [0.29, 0.717) is 6.54 Å². The third kappa shape index (κ3) is 4.29. The normalized spacial score (nSPS) is 10.9. The van der Waals surface area contributed by atoms with E-state index in [1.54, 1.807) is 0 Å². The van der Waals surface area contributed by atoms with Crippen molar-refractivity contribution in [3.63, 3.8) is 0 Å². The van der Waals surface area contributed by atoms with Crippen molar-refractivity contribution in [2.24, 2.45) is 5.84 Å². The minimum absolute atomic E-state index is 0.106. The van der Waals surface area contributed by atoms with E-state index in [2.05, 4.69) is 0 Å². The van der Waals surface area contributed by atoms with Gasteiger partial charge in [0.1, 0.15) is 0 Å². The summed E-state index contributed by atoms with van der Waals surface area (Å²) in [6, 6.07) is 0.208. The quantitative estimate of drug-likeness (QED) is 0.434. The van der Waals surface area contributed by atoms with Crippen LogP contribution in [0.25, 0.3) is 0 Å². The number of hydrogen-bond donors (Lipinski definition) is 2. The van der Waals surface area contributed by atoms with E-state index < -0.39 is 5.97 Å². The van der Waals surface area contributed by atoms with E-state index in [1.807, 2.05) is 13.8 Å². The Morgan fingerprint density at radius 2 is 2.20 bits per heavy atom. The van der Waals surface area contributed by atoms with E-state index >= 15 is 0 Å². The maximum Gasteiger partial charge on any atom is 0.304 e. The van der Waals surface area contributed by atoms with Crippen molar-refractivity contribution in [3.05, 3.63) is 0 Å².